The van der Waals surface area contributed by atoms with E-state index in [0.717, 1.165) is 11.3 Å². The third-order valence-corrected chi connectivity index (χ3v) is 3.32. The zero-order valence-electron chi connectivity index (χ0n) is 12.1. The number of carbonyl (C=O) groups excluding carboxylic acids is 1. The molecule has 0 aliphatic heterocycles. The standard InChI is InChI=1S/C15H23NO3/c1-5-19-14(17)15(2,3)13(16)10-11-7-6-8-12(9-11)18-4/h6-9,13H,5,10,16H2,1-4H3/t13-/m0/s1. The van der Waals surface area contributed by atoms with Crippen LogP contribution in [0.4, 0.5) is 0 Å². The molecular weight excluding hydrogens is 242 g/mol. The average molecular weight is 265 g/mol. The number of nitrogens with two attached hydrogens (primary N) is 1. The van der Waals surface area contributed by atoms with Crippen LogP contribution in [0.2, 0.25) is 0 Å². The molecule has 0 saturated carbocycles. The first-order valence-electron chi connectivity index (χ1n) is 6.47. The molecule has 0 spiro atoms. The van der Waals surface area contributed by atoms with Gasteiger partial charge in [-0.3, -0.25) is 4.79 Å². The lowest BCUT2D eigenvalue weighted by Gasteiger charge is -2.29. The Kier molecular flexibility index (Phi) is 5.36. The van der Waals surface area contributed by atoms with Gasteiger partial charge in [-0.25, -0.2) is 0 Å². The van der Waals surface area contributed by atoms with Crippen LogP contribution in [-0.2, 0) is 16.0 Å². The molecule has 0 aliphatic rings. The molecule has 0 saturated heterocycles. The Hall–Kier alpha value is -1.55. The zero-order valence-corrected chi connectivity index (χ0v) is 12.1. The molecular formula is C15H23NO3. The highest BCUT2D eigenvalue weighted by atomic mass is 16.5. The minimum Gasteiger partial charge on any atom is -0.497 e. The van der Waals surface area contributed by atoms with Gasteiger partial charge in [-0.2, -0.15) is 0 Å². The van der Waals surface area contributed by atoms with E-state index < -0.39 is 5.41 Å². The second-order valence-electron chi connectivity index (χ2n) is 5.10. The first-order valence-corrected chi connectivity index (χ1v) is 6.47. The Bertz CT molecular complexity index is 429. The second kappa shape index (κ2) is 6.57. The lowest BCUT2D eigenvalue weighted by atomic mass is 9.81. The highest BCUT2D eigenvalue weighted by Crippen LogP contribution is 2.25. The molecule has 0 fully saturated rings. The van der Waals surface area contributed by atoms with E-state index in [4.69, 9.17) is 15.2 Å². The number of hydrogen-bond acceptors (Lipinski definition) is 4. The van der Waals surface area contributed by atoms with Crippen LogP contribution in [0.1, 0.15) is 26.3 Å². The summed E-state index contributed by atoms with van der Waals surface area (Å²) in [5, 5.41) is 0. The van der Waals surface area contributed by atoms with Crippen LogP contribution in [0.5, 0.6) is 5.75 Å². The maximum atomic E-state index is 11.9. The summed E-state index contributed by atoms with van der Waals surface area (Å²) in [5.74, 6) is 0.532. The number of hydrogen-bond donors (Lipinski definition) is 1. The van der Waals surface area contributed by atoms with Gasteiger partial charge in [0.1, 0.15) is 5.75 Å². The predicted octanol–water partition coefficient (Wildman–Crippen LogP) is 2.15. The van der Waals surface area contributed by atoms with Gasteiger partial charge in [0.05, 0.1) is 19.1 Å². The molecule has 0 aromatic heterocycles. The fraction of sp³-hybridized carbons (Fsp3) is 0.533. The topological polar surface area (TPSA) is 61.5 Å². The van der Waals surface area contributed by atoms with Crippen molar-refractivity contribution < 1.29 is 14.3 Å². The van der Waals surface area contributed by atoms with Gasteiger partial charge in [0.2, 0.25) is 0 Å². The van der Waals surface area contributed by atoms with Crippen molar-refractivity contribution >= 4 is 5.97 Å². The fourth-order valence-electron chi connectivity index (χ4n) is 1.78. The Morgan fingerprint density at radius 1 is 1.42 bits per heavy atom. The number of carbonyl (C=O) groups is 1. The van der Waals surface area contributed by atoms with Crippen molar-refractivity contribution in [3.8, 4) is 5.75 Å². The van der Waals surface area contributed by atoms with Gasteiger partial charge in [-0.1, -0.05) is 12.1 Å². The van der Waals surface area contributed by atoms with E-state index in [9.17, 15) is 4.79 Å². The van der Waals surface area contributed by atoms with E-state index >= 15 is 0 Å². The Balaban J connectivity index is 2.77. The van der Waals surface area contributed by atoms with Gasteiger partial charge >= 0.3 is 5.97 Å². The first kappa shape index (κ1) is 15.5. The highest BCUT2D eigenvalue weighted by molar-refractivity contribution is 5.76. The predicted molar refractivity (Wildman–Crippen MR) is 75.1 cm³/mol. The quantitative estimate of drug-likeness (QED) is 0.801. The number of benzene rings is 1. The minimum atomic E-state index is -0.709. The summed E-state index contributed by atoms with van der Waals surface area (Å²) >= 11 is 0. The van der Waals surface area contributed by atoms with Crippen molar-refractivity contribution in [1.82, 2.24) is 0 Å². The molecule has 0 aliphatic carbocycles. The van der Waals surface area contributed by atoms with E-state index in [0.29, 0.717) is 13.0 Å². The molecule has 106 valence electrons. The van der Waals surface area contributed by atoms with Crippen LogP contribution >= 0.6 is 0 Å². The Morgan fingerprint density at radius 3 is 2.68 bits per heavy atom. The molecule has 19 heavy (non-hydrogen) atoms. The number of esters is 1. The Morgan fingerprint density at radius 2 is 2.11 bits per heavy atom. The molecule has 4 nitrogen and oxygen atoms in total. The monoisotopic (exact) mass is 265 g/mol. The van der Waals surface area contributed by atoms with Crippen molar-refractivity contribution in [3.05, 3.63) is 29.8 Å². The summed E-state index contributed by atoms with van der Waals surface area (Å²) in [6.45, 7) is 5.79. The van der Waals surface area contributed by atoms with E-state index in [-0.39, 0.29) is 12.0 Å². The molecule has 2 N–H and O–H groups in total. The molecule has 0 bridgehead atoms. The zero-order chi connectivity index (χ0) is 14.5. The van der Waals surface area contributed by atoms with E-state index in [2.05, 4.69) is 0 Å². The van der Waals surface area contributed by atoms with Crippen LogP contribution < -0.4 is 10.5 Å². The van der Waals surface area contributed by atoms with Crippen molar-refractivity contribution in [1.29, 1.82) is 0 Å². The molecule has 0 heterocycles. The third-order valence-electron chi connectivity index (χ3n) is 3.32. The molecule has 0 unspecified atom stereocenters. The molecule has 1 aromatic carbocycles. The summed E-state index contributed by atoms with van der Waals surface area (Å²) in [6, 6.07) is 7.40. The van der Waals surface area contributed by atoms with Crippen LogP contribution in [0.3, 0.4) is 0 Å². The van der Waals surface area contributed by atoms with Crippen LogP contribution in [0.25, 0.3) is 0 Å². The first-order chi connectivity index (χ1) is 8.91. The average Bonchev–Trinajstić information content (AvgIpc) is 2.39. The van der Waals surface area contributed by atoms with Crippen molar-refractivity contribution in [2.45, 2.75) is 33.2 Å². The summed E-state index contributed by atoms with van der Waals surface area (Å²) in [5.41, 5.74) is 6.50. The van der Waals surface area contributed by atoms with E-state index in [1.807, 2.05) is 38.1 Å². The molecule has 1 rings (SSSR count). The summed E-state index contributed by atoms with van der Waals surface area (Å²) in [4.78, 5) is 11.9. The molecule has 1 aromatic rings. The van der Waals surface area contributed by atoms with Gasteiger partial charge in [0.25, 0.3) is 0 Å². The van der Waals surface area contributed by atoms with Crippen molar-refractivity contribution in [2.24, 2.45) is 11.1 Å². The second-order valence-corrected chi connectivity index (χ2v) is 5.10. The summed E-state index contributed by atoms with van der Waals surface area (Å²) < 4.78 is 10.2. The molecule has 1 atom stereocenters. The van der Waals surface area contributed by atoms with E-state index in [1.165, 1.54) is 0 Å². The molecule has 0 radical (unpaired) electrons. The van der Waals surface area contributed by atoms with Crippen LogP contribution in [0, 0.1) is 5.41 Å². The van der Waals surface area contributed by atoms with Crippen LogP contribution in [-0.4, -0.2) is 25.7 Å². The number of ether oxygens (including phenoxy) is 2. The minimum absolute atomic E-state index is 0.259. The molecule has 0 amide bonds. The maximum Gasteiger partial charge on any atom is 0.313 e. The van der Waals surface area contributed by atoms with Gasteiger partial charge < -0.3 is 15.2 Å². The fourth-order valence-corrected chi connectivity index (χ4v) is 1.78. The van der Waals surface area contributed by atoms with Gasteiger partial charge in [0, 0.05) is 6.04 Å². The van der Waals surface area contributed by atoms with Crippen LogP contribution in [0.15, 0.2) is 24.3 Å². The summed E-state index contributed by atoms with van der Waals surface area (Å²) in [7, 11) is 1.63. The molecule has 4 heteroatoms. The highest BCUT2D eigenvalue weighted by Gasteiger charge is 2.35. The maximum absolute atomic E-state index is 11.9. The third kappa shape index (κ3) is 3.96. The van der Waals surface area contributed by atoms with Crippen molar-refractivity contribution in [2.75, 3.05) is 13.7 Å². The largest absolute Gasteiger partial charge is 0.497 e. The SMILES string of the molecule is CCOC(=O)C(C)(C)[C@@H](N)Cc1cccc(OC)c1. The number of rotatable bonds is 6. The van der Waals surface area contributed by atoms with Gasteiger partial charge in [-0.05, 0) is 44.9 Å². The van der Waals surface area contributed by atoms with Gasteiger partial charge in [0.15, 0.2) is 0 Å². The normalized spacial score (nSPS) is 12.9. The summed E-state index contributed by atoms with van der Waals surface area (Å²) in [6.07, 6.45) is 0.600. The van der Waals surface area contributed by atoms with Crippen molar-refractivity contribution in [3.63, 3.8) is 0 Å². The van der Waals surface area contributed by atoms with Gasteiger partial charge in [-0.15, -0.1) is 0 Å². The van der Waals surface area contributed by atoms with E-state index in [1.54, 1.807) is 14.0 Å². The smallest absolute Gasteiger partial charge is 0.313 e. The lowest BCUT2D eigenvalue weighted by molar-refractivity contribution is -0.154. The lowest BCUT2D eigenvalue weighted by Crippen LogP contribution is -2.45. The Labute approximate surface area is 114 Å². The number of methoxy groups -OCH3 is 1.